The number of imidazole rings is 1. The SMILES string of the molecule is [B]c1c([B])c([B])c(-c2cc(-c3c([B])c([B])c([B])c([B])c3[B])cc(-c3c4ccccc4c(-c4ccc(-n5c(C)nc6ccccc65)cc4)c4ccccc34)c2)c([B])c1[B]. The van der Waals surface area contributed by atoms with Crippen molar-refractivity contribution in [1.82, 2.24) is 9.55 Å². The van der Waals surface area contributed by atoms with Gasteiger partial charge in [0.2, 0.25) is 0 Å². The molecule has 8 aromatic carbocycles. The van der Waals surface area contributed by atoms with Crippen LogP contribution in [0.15, 0.2) is 115 Å². The topological polar surface area (TPSA) is 17.8 Å². The first-order valence-corrected chi connectivity index (χ1v) is 18.5. The molecule has 1 heterocycles. The largest absolute Gasteiger partial charge is 0.297 e. The van der Waals surface area contributed by atoms with E-state index in [1.165, 1.54) is 0 Å². The predicted molar refractivity (Wildman–Crippen MR) is 256 cm³/mol. The zero-order chi connectivity index (χ0) is 40.7. The van der Waals surface area contributed by atoms with Gasteiger partial charge in [0.1, 0.15) is 84.3 Å². The Morgan fingerprint density at radius 1 is 0.362 bits per heavy atom. The van der Waals surface area contributed by atoms with Crippen LogP contribution in [0.5, 0.6) is 0 Å². The third-order valence-corrected chi connectivity index (χ3v) is 11.3. The molecule has 0 N–H and O–H groups in total. The van der Waals surface area contributed by atoms with Crippen LogP contribution in [0.4, 0.5) is 0 Å². The summed E-state index contributed by atoms with van der Waals surface area (Å²) in [6.07, 6.45) is 0. The molecule has 0 atom stereocenters. The average molecular weight is 711 g/mol. The number of fused-ring (bicyclic) bond motifs is 3. The van der Waals surface area contributed by atoms with Crippen molar-refractivity contribution in [3.8, 4) is 50.2 Å². The van der Waals surface area contributed by atoms with Crippen LogP contribution in [0.2, 0.25) is 0 Å². The van der Waals surface area contributed by atoms with Gasteiger partial charge >= 0.3 is 0 Å². The highest BCUT2D eigenvalue weighted by molar-refractivity contribution is 6.70. The predicted octanol–water partition coefficient (Wildman–Crippen LogP) is 0.246. The third kappa shape index (κ3) is 5.82. The summed E-state index contributed by atoms with van der Waals surface area (Å²) in [6.45, 7) is 2.02. The summed E-state index contributed by atoms with van der Waals surface area (Å²) >= 11 is 0. The first kappa shape index (κ1) is 37.9. The molecule has 20 radical (unpaired) electrons. The van der Waals surface area contributed by atoms with E-state index in [9.17, 15) is 0 Å². The van der Waals surface area contributed by atoms with E-state index in [-0.39, 0.29) is 54.6 Å². The van der Waals surface area contributed by atoms with Crippen molar-refractivity contribution in [2.45, 2.75) is 6.92 Å². The molecule has 0 spiro atoms. The van der Waals surface area contributed by atoms with Crippen molar-refractivity contribution < 1.29 is 0 Å². The normalized spacial score (nSPS) is 11.5. The summed E-state index contributed by atoms with van der Waals surface area (Å²) in [4.78, 5) is 4.78. The number of hydrogen-bond donors (Lipinski definition) is 0. The maximum atomic E-state index is 6.68. The Labute approximate surface area is 351 Å². The van der Waals surface area contributed by atoms with Gasteiger partial charge in [0.15, 0.2) is 0 Å². The Morgan fingerprint density at radius 2 is 0.707 bits per heavy atom. The molecule has 0 saturated carbocycles. The molecule has 0 bridgehead atoms. The van der Waals surface area contributed by atoms with E-state index in [0.717, 1.165) is 66.3 Å². The molecule has 0 saturated heterocycles. The highest BCUT2D eigenvalue weighted by Gasteiger charge is 2.22. The second-order valence-electron chi connectivity index (χ2n) is 14.6. The van der Waals surface area contributed by atoms with E-state index in [0.29, 0.717) is 22.3 Å². The maximum absolute atomic E-state index is 6.68. The molecule has 58 heavy (non-hydrogen) atoms. The van der Waals surface area contributed by atoms with Crippen LogP contribution in [0.1, 0.15) is 5.82 Å². The second kappa shape index (κ2) is 14.3. The van der Waals surface area contributed by atoms with Gasteiger partial charge in [0.05, 0.1) is 11.0 Å². The zero-order valence-corrected chi connectivity index (χ0v) is 31.6. The Morgan fingerprint density at radius 3 is 1.14 bits per heavy atom. The second-order valence-corrected chi connectivity index (χ2v) is 14.6. The fourth-order valence-electron chi connectivity index (χ4n) is 8.38. The van der Waals surface area contributed by atoms with Crippen LogP contribution in [-0.4, -0.2) is 88.0 Å². The third-order valence-electron chi connectivity index (χ3n) is 11.3. The molecule has 9 rings (SSSR count). The minimum absolute atomic E-state index is 0.108. The summed E-state index contributed by atoms with van der Waals surface area (Å²) in [5.74, 6) is 0.913. The lowest BCUT2D eigenvalue weighted by Crippen LogP contribution is -2.55. The lowest BCUT2D eigenvalue weighted by atomic mass is 9.59. The standard InChI is InChI=1S/C46H22B10N2/c1-21-57-31-12-6-7-13-32(31)58(21)26-16-14-22(15-17-26)33-27-8-2-4-10-29(27)34(30-11-5-3-9-28(30)33)23-18-24(35-37(47)41(51)45(55)42(52)38(35)48)20-25(19-23)36-39(49)43(53)46(56)44(54)40(36)50/h2-20H,1H3. The van der Waals surface area contributed by atoms with E-state index in [1.54, 1.807) is 0 Å². The number of aromatic nitrogens is 2. The van der Waals surface area contributed by atoms with Crippen LogP contribution in [0, 0.1) is 6.92 Å². The molecule has 1 aromatic heterocycles. The van der Waals surface area contributed by atoms with Gasteiger partial charge in [-0.15, -0.1) is 32.8 Å². The fraction of sp³-hybridized carbons (Fsp3) is 0.0217. The minimum atomic E-state index is 0.108. The molecule has 0 amide bonds. The zero-order valence-electron chi connectivity index (χ0n) is 31.6. The molecule has 246 valence electrons. The van der Waals surface area contributed by atoms with Crippen molar-refractivity contribution >= 4 is 166 Å². The van der Waals surface area contributed by atoms with Crippen LogP contribution in [0.25, 0.3) is 82.8 Å². The molecule has 9 aromatic rings. The first-order valence-electron chi connectivity index (χ1n) is 18.5. The summed E-state index contributed by atoms with van der Waals surface area (Å²) < 4.78 is 2.17. The molecular formula is C46H22B10N2. The number of hydrogen-bond acceptors (Lipinski definition) is 1. The number of nitrogens with zero attached hydrogens (tertiary/aromatic N) is 2. The first-order chi connectivity index (χ1) is 27.9. The van der Waals surface area contributed by atoms with Crippen molar-refractivity contribution in [2.75, 3.05) is 0 Å². The van der Waals surface area contributed by atoms with E-state index in [2.05, 4.69) is 59.2 Å². The smallest absolute Gasteiger partial charge is 0.113 e. The highest BCUT2D eigenvalue weighted by Crippen LogP contribution is 2.45. The number of rotatable bonds is 5. The highest BCUT2D eigenvalue weighted by atomic mass is 15.1. The average Bonchev–Trinajstić information content (AvgIpc) is 3.58. The van der Waals surface area contributed by atoms with Gasteiger partial charge in [-0.2, -0.15) is 0 Å². The number of para-hydroxylation sites is 2. The van der Waals surface area contributed by atoms with E-state index in [4.69, 9.17) is 83.4 Å². The van der Waals surface area contributed by atoms with E-state index in [1.807, 2.05) is 67.6 Å². The van der Waals surface area contributed by atoms with Crippen LogP contribution in [-0.2, 0) is 0 Å². The lowest BCUT2D eigenvalue weighted by molar-refractivity contribution is 1.00. The quantitative estimate of drug-likeness (QED) is 0.185. The molecule has 0 aliphatic heterocycles. The molecule has 0 aliphatic carbocycles. The van der Waals surface area contributed by atoms with Crippen LogP contribution < -0.4 is 54.6 Å². The Balaban J connectivity index is 1.34. The Hall–Kier alpha value is -5.60. The molecule has 12 heteroatoms. The van der Waals surface area contributed by atoms with Gasteiger partial charge in [-0.3, -0.25) is 4.57 Å². The van der Waals surface area contributed by atoms with E-state index >= 15 is 0 Å². The van der Waals surface area contributed by atoms with Crippen LogP contribution >= 0.6 is 0 Å². The maximum Gasteiger partial charge on any atom is 0.113 e. The molecular weight excluding hydrogens is 689 g/mol. The van der Waals surface area contributed by atoms with Gasteiger partial charge < -0.3 is 0 Å². The van der Waals surface area contributed by atoms with Gasteiger partial charge in [-0.05, 0) is 115 Å². The Kier molecular flexibility index (Phi) is 9.39. The van der Waals surface area contributed by atoms with Gasteiger partial charge in [-0.1, -0.05) is 94.6 Å². The van der Waals surface area contributed by atoms with Crippen molar-refractivity contribution in [3.05, 3.63) is 121 Å². The van der Waals surface area contributed by atoms with Crippen LogP contribution in [0.3, 0.4) is 0 Å². The van der Waals surface area contributed by atoms with Crippen molar-refractivity contribution in [3.63, 3.8) is 0 Å². The van der Waals surface area contributed by atoms with Crippen molar-refractivity contribution in [2.24, 2.45) is 0 Å². The summed E-state index contributed by atoms with van der Waals surface area (Å²) in [5, 5.41) is 4.07. The molecule has 0 unspecified atom stereocenters. The summed E-state index contributed by atoms with van der Waals surface area (Å²) in [6, 6.07) is 39.3. The van der Waals surface area contributed by atoms with E-state index < -0.39 is 0 Å². The summed E-state index contributed by atoms with van der Waals surface area (Å²) in [5.41, 5.74) is 10.3. The van der Waals surface area contributed by atoms with Gasteiger partial charge in [-0.25, -0.2) is 4.98 Å². The monoisotopic (exact) mass is 712 g/mol. The van der Waals surface area contributed by atoms with Gasteiger partial charge in [0, 0.05) is 5.69 Å². The minimum Gasteiger partial charge on any atom is -0.297 e. The van der Waals surface area contributed by atoms with Gasteiger partial charge in [0.25, 0.3) is 0 Å². The van der Waals surface area contributed by atoms with Crippen molar-refractivity contribution in [1.29, 1.82) is 0 Å². The molecule has 0 fully saturated rings. The Bertz CT molecular complexity index is 2990. The lowest BCUT2D eigenvalue weighted by Gasteiger charge is -2.25. The molecule has 2 nitrogen and oxygen atoms in total. The number of aryl methyl sites for hydroxylation is 1. The number of benzene rings is 8. The summed E-state index contributed by atoms with van der Waals surface area (Å²) in [7, 11) is 64.8. The molecule has 0 aliphatic rings. The fourth-order valence-corrected chi connectivity index (χ4v) is 8.38.